The highest BCUT2D eigenvalue weighted by molar-refractivity contribution is 5.69. The molecular weight excluding hydrogens is 302 g/mol. The fourth-order valence-electron chi connectivity index (χ4n) is 2.87. The second-order valence-corrected chi connectivity index (χ2v) is 7.45. The molecule has 0 unspecified atom stereocenters. The summed E-state index contributed by atoms with van der Waals surface area (Å²) in [6, 6.07) is 0. The van der Waals surface area contributed by atoms with Gasteiger partial charge in [0.05, 0.1) is 0 Å². The van der Waals surface area contributed by atoms with Crippen LogP contribution in [0.15, 0.2) is 0 Å². The molecule has 0 aromatic rings. The Labute approximate surface area is 148 Å². The molecule has 0 spiro atoms. The maximum absolute atomic E-state index is 12.4. The lowest BCUT2D eigenvalue weighted by Gasteiger charge is -2.37. The van der Waals surface area contributed by atoms with Gasteiger partial charge >= 0.3 is 6.09 Å². The molecule has 1 amide bonds. The van der Waals surface area contributed by atoms with E-state index in [-0.39, 0.29) is 12.5 Å². The highest BCUT2D eigenvalue weighted by Crippen LogP contribution is 2.29. The predicted molar refractivity (Wildman–Crippen MR) is 99.8 cm³/mol. The largest absolute Gasteiger partial charge is 0.444 e. The number of carbonyl (C=O) groups is 1. The normalized spacial score (nSPS) is 15.0. The molecule has 2 atom stereocenters. The van der Waals surface area contributed by atoms with Gasteiger partial charge in [-0.1, -0.05) is 51.9 Å². The van der Waals surface area contributed by atoms with Gasteiger partial charge in [-0.25, -0.2) is 4.79 Å². The number of unbranched alkanes of at least 4 members (excludes halogenated alkanes) is 3. The van der Waals surface area contributed by atoms with E-state index >= 15 is 0 Å². The Bertz CT molecular complexity index is 417. The van der Waals surface area contributed by atoms with E-state index in [2.05, 4.69) is 31.0 Å². The molecule has 0 heterocycles. The minimum Gasteiger partial charge on any atom is -0.444 e. The van der Waals surface area contributed by atoms with E-state index in [4.69, 9.17) is 4.74 Å². The predicted octanol–water partition coefficient (Wildman–Crippen LogP) is 4.65. The lowest BCUT2D eigenvalue weighted by atomic mass is 9.77. The zero-order valence-corrected chi connectivity index (χ0v) is 16.5. The van der Waals surface area contributed by atoms with Crippen LogP contribution < -0.4 is 5.32 Å². The molecule has 0 rings (SSSR count). The summed E-state index contributed by atoms with van der Waals surface area (Å²) in [4.78, 5) is 12.4. The van der Waals surface area contributed by atoms with Crippen LogP contribution in [0.3, 0.4) is 0 Å². The first-order valence-electron chi connectivity index (χ1n) is 9.30. The van der Waals surface area contributed by atoms with Crippen molar-refractivity contribution < 1.29 is 14.6 Å². The van der Waals surface area contributed by atoms with Gasteiger partial charge in [-0.3, -0.25) is 0 Å². The van der Waals surface area contributed by atoms with Gasteiger partial charge < -0.3 is 15.2 Å². The summed E-state index contributed by atoms with van der Waals surface area (Å²) in [7, 11) is 0. The van der Waals surface area contributed by atoms with Crippen LogP contribution in [0.2, 0.25) is 0 Å². The number of alkyl carbamates (subject to hydrolysis) is 1. The Morgan fingerprint density at radius 1 is 1.17 bits per heavy atom. The van der Waals surface area contributed by atoms with Crippen LogP contribution in [0.25, 0.3) is 0 Å². The molecule has 0 radical (unpaired) electrons. The molecule has 0 aliphatic heterocycles. The maximum atomic E-state index is 12.4. The number of ether oxygens (including phenoxy) is 1. The summed E-state index contributed by atoms with van der Waals surface area (Å²) in [6.07, 6.45) is 6.30. The monoisotopic (exact) mass is 339 g/mol. The van der Waals surface area contributed by atoms with Crippen LogP contribution in [0.5, 0.6) is 0 Å². The summed E-state index contributed by atoms with van der Waals surface area (Å²) in [6.45, 7) is 11.6. The Hall–Kier alpha value is -1.21. The van der Waals surface area contributed by atoms with Crippen molar-refractivity contribution in [3.63, 3.8) is 0 Å². The van der Waals surface area contributed by atoms with E-state index in [0.29, 0.717) is 0 Å². The van der Waals surface area contributed by atoms with Crippen LogP contribution in [0.1, 0.15) is 86.5 Å². The van der Waals surface area contributed by atoms with Gasteiger partial charge in [0.15, 0.2) is 0 Å². The fraction of sp³-hybridized carbons (Fsp3) is 0.850. The molecular formula is C20H37NO3. The first-order chi connectivity index (χ1) is 11.2. The molecule has 2 N–H and O–H groups in total. The molecule has 4 heteroatoms. The molecule has 0 aliphatic rings. The number of aliphatic hydroxyl groups excluding tert-OH is 1. The van der Waals surface area contributed by atoms with Crippen molar-refractivity contribution in [2.24, 2.45) is 5.92 Å². The molecule has 0 aliphatic carbocycles. The summed E-state index contributed by atoms with van der Waals surface area (Å²) < 4.78 is 5.45. The number of nitrogens with one attached hydrogen (secondary N) is 1. The first-order valence-corrected chi connectivity index (χ1v) is 9.30. The minimum absolute atomic E-state index is 0.0105. The molecule has 0 aromatic heterocycles. The molecule has 0 aromatic carbocycles. The van der Waals surface area contributed by atoms with Crippen molar-refractivity contribution in [2.45, 2.75) is 97.6 Å². The zero-order chi connectivity index (χ0) is 18.6. The maximum Gasteiger partial charge on any atom is 0.408 e. The van der Waals surface area contributed by atoms with Gasteiger partial charge in [-0.2, -0.15) is 0 Å². The number of aliphatic hydroxyl groups is 1. The third-order valence-corrected chi connectivity index (χ3v) is 4.07. The lowest BCUT2D eigenvalue weighted by Crippen LogP contribution is -2.55. The second kappa shape index (κ2) is 11.4. The average molecular weight is 340 g/mol. The smallest absolute Gasteiger partial charge is 0.408 e. The van der Waals surface area contributed by atoms with Gasteiger partial charge in [0.2, 0.25) is 0 Å². The van der Waals surface area contributed by atoms with Crippen molar-refractivity contribution in [1.82, 2.24) is 5.32 Å². The first kappa shape index (κ1) is 22.8. The van der Waals surface area contributed by atoms with Gasteiger partial charge in [0.25, 0.3) is 0 Å². The molecule has 0 fully saturated rings. The fourth-order valence-corrected chi connectivity index (χ4v) is 2.87. The van der Waals surface area contributed by atoms with Crippen LogP contribution in [-0.4, -0.2) is 28.9 Å². The van der Waals surface area contributed by atoms with Crippen molar-refractivity contribution >= 4 is 6.09 Å². The third kappa shape index (κ3) is 8.59. The molecule has 0 saturated carbocycles. The van der Waals surface area contributed by atoms with Crippen molar-refractivity contribution in [2.75, 3.05) is 6.61 Å². The third-order valence-electron chi connectivity index (χ3n) is 4.07. The van der Waals surface area contributed by atoms with Crippen LogP contribution in [-0.2, 0) is 4.74 Å². The van der Waals surface area contributed by atoms with Gasteiger partial charge in [-0.05, 0) is 40.5 Å². The summed E-state index contributed by atoms with van der Waals surface area (Å²) in [5.74, 6) is 6.08. The topological polar surface area (TPSA) is 58.6 Å². The summed E-state index contributed by atoms with van der Waals surface area (Å²) in [5.41, 5.74) is -1.28. The van der Waals surface area contributed by atoms with Gasteiger partial charge in [-0.15, -0.1) is 5.92 Å². The van der Waals surface area contributed by atoms with Crippen LogP contribution in [0.4, 0.5) is 4.79 Å². The minimum atomic E-state index is -0.726. The average Bonchev–Trinajstić information content (AvgIpc) is 2.46. The molecule has 24 heavy (non-hydrogen) atoms. The molecule has 0 saturated heterocycles. The summed E-state index contributed by atoms with van der Waals surface area (Å²) >= 11 is 0. The van der Waals surface area contributed by atoms with Gasteiger partial charge in [0, 0.05) is 12.5 Å². The quantitative estimate of drug-likeness (QED) is 0.450. The lowest BCUT2D eigenvalue weighted by molar-refractivity contribution is 0.0405. The summed E-state index contributed by atoms with van der Waals surface area (Å²) in [5, 5.41) is 13.0. The number of amides is 1. The van der Waals surface area contributed by atoms with Crippen LogP contribution in [0, 0.1) is 17.8 Å². The van der Waals surface area contributed by atoms with E-state index in [1.807, 2.05) is 20.8 Å². The Morgan fingerprint density at radius 2 is 1.79 bits per heavy atom. The highest BCUT2D eigenvalue weighted by atomic mass is 16.6. The Kier molecular flexibility index (Phi) is 10.8. The van der Waals surface area contributed by atoms with Crippen molar-refractivity contribution in [3.05, 3.63) is 0 Å². The standard InChI is InChI=1S/C20H37NO3/c1-7-10-12-15-20(14-9-3,17(16-22)13-11-8-2)21-18(23)24-19(4,5)6/h17,22H,7-8,10-13,15-16H2,1-6H3,(H,21,23)/t17-,20+/m0/s1. The van der Waals surface area contributed by atoms with E-state index in [9.17, 15) is 9.90 Å². The number of hydrogen-bond acceptors (Lipinski definition) is 3. The Balaban J connectivity index is 5.45. The Morgan fingerprint density at radius 3 is 2.25 bits per heavy atom. The zero-order valence-electron chi connectivity index (χ0n) is 16.5. The van der Waals surface area contributed by atoms with E-state index in [0.717, 1.165) is 44.9 Å². The number of rotatable bonds is 10. The SMILES string of the molecule is CC#C[C@](CCCCC)(NC(=O)OC(C)(C)C)[C@H](CO)CCCC. The van der Waals surface area contributed by atoms with E-state index < -0.39 is 17.2 Å². The van der Waals surface area contributed by atoms with Crippen LogP contribution >= 0.6 is 0 Å². The highest BCUT2D eigenvalue weighted by Gasteiger charge is 2.38. The second-order valence-electron chi connectivity index (χ2n) is 7.45. The van der Waals surface area contributed by atoms with E-state index in [1.54, 1.807) is 6.92 Å². The van der Waals surface area contributed by atoms with Crippen molar-refractivity contribution in [1.29, 1.82) is 0 Å². The number of carbonyl (C=O) groups excluding carboxylic acids is 1. The molecule has 140 valence electrons. The molecule has 4 nitrogen and oxygen atoms in total. The van der Waals surface area contributed by atoms with E-state index in [1.165, 1.54) is 0 Å². The van der Waals surface area contributed by atoms with Gasteiger partial charge in [0.1, 0.15) is 11.1 Å². The molecule has 0 bridgehead atoms. The number of hydrogen-bond donors (Lipinski definition) is 2. The van der Waals surface area contributed by atoms with Crippen molar-refractivity contribution in [3.8, 4) is 11.8 Å².